The van der Waals surface area contributed by atoms with Crippen molar-refractivity contribution >= 4 is 23.2 Å². The number of nitrogens with zero attached hydrogens (tertiary/aromatic N) is 2. The Balaban J connectivity index is 2.03. The number of hydrogen-bond acceptors (Lipinski definition) is 3. The van der Waals surface area contributed by atoms with Crippen molar-refractivity contribution in [2.75, 3.05) is 27.2 Å². The topological polar surface area (TPSA) is 15.7 Å². The molecule has 1 heterocycles. The first-order valence-corrected chi connectivity index (χ1v) is 9.15. The summed E-state index contributed by atoms with van der Waals surface area (Å²) in [4.78, 5) is 4.84. The fourth-order valence-corrected chi connectivity index (χ4v) is 3.74. The Morgan fingerprint density at radius 3 is 2.39 bits per heavy atom. The molecule has 1 atom stereocenters. The molecule has 0 amide bonds. The zero-order valence-electron chi connectivity index (χ0n) is 14.6. The molecule has 2 rings (SSSR count). The van der Waals surface area contributed by atoms with Crippen LogP contribution in [0.25, 0.3) is 0 Å². The number of hydrogen-bond donors (Lipinski definition) is 0. The standard InChI is InChI=1S/C18H28Cl2N2O/c1-13(2)23-18-16(19)10-14(11-17(18)20)12-22-8-5-6-15(7-9-22)21(3)4/h10-11,13,15H,5-9,12H2,1-4H3/t15-/m0/s1. The van der Waals surface area contributed by atoms with Crippen LogP contribution in [0.5, 0.6) is 5.75 Å². The lowest BCUT2D eigenvalue weighted by Gasteiger charge is -2.23. The van der Waals surface area contributed by atoms with Crippen LogP contribution in [0.15, 0.2) is 12.1 Å². The first-order chi connectivity index (χ1) is 10.9. The van der Waals surface area contributed by atoms with Gasteiger partial charge in [-0.1, -0.05) is 23.2 Å². The smallest absolute Gasteiger partial charge is 0.156 e. The Labute approximate surface area is 150 Å². The second-order valence-corrected chi connectivity index (χ2v) is 7.69. The highest BCUT2D eigenvalue weighted by molar-refractivity contribution is 6.37. The summed E-state index contributed by atoms with van der Waals surface area (Å²) in [6.45, 7) is 7.08. The molecule has 0 aliphatic carbocycles. The maximum absolute atomic E-state index is 6.36. The fraction of sp³-hybridized carbons (Fsp3) is 0.667. The third kappa shape index (κ3) is 5.53. The van der Waals surface area contributed by atoms with Crippen molar-refractivity contribution in [2.24, 2.45) is 0 Å². The molecule has 0 radical (unpaired) electrons. The summed E-state index contributed by atoms with van der Waals surface area (Å²) < 4.78 is 5.70. The summed E-state index contributed by atoms with van der Waals surface area (Å²) >= 11 is 12.7. The predicted octanol–water partition coefficient (Wildman–Crippen LogP) is 4.70. The molecule has 0 spiro atoms. The average molecular weight is 359 g/mol. The van der Waals surface area contributed by atoms with E-state index >= 15 is 0 Å². The molecule has 0 unspecified atom stereocenters. The van der Waals surface area contributed by atoms with Gasteiger partial charge < -0.3 is 9.64 Å². The van der Waals surface area contributed by atoms with E-state index < -0.39 is 0 Å². The molecule has 1 aliphatic heterocycles. The van der Waals surface area contributed by atoms with Crippen molar-refractivity contribution in [1.29, 1.82) is 0 Å². The minimum Gasteiger partial charge on any atom is -0.488 e. The molecular weight excluding hydrogens is 331 g/mol. The quantitative estimate of drug-likeness (QED) is 0.758. The van der Waals surface area contributed by atoms with E-state index in [4.69, 9.17) is 27.9 Å². The highest BCUT2D eigenvalue weighted by Gasteiger charge is 2.19. The number of halogens is 2. The van der Waals surface area contributed by atoms with Gasteiger partial charge in [-0.2, -0.15) is 0 Å². The molecule has 130 valence electrons. The molecule has 3 nitrogen and oxygen atoms in total. The van der Waals surface area contributed by atoms with E-state index in [1.54, 1.807) is 0 Å². The van der Waals surface area contributed by atoms with E-state index in [2.05, 4.69) is 23.9 Å². The van der Waals surface area contributed by atoms with Crippen LogP contribution in [-0.4, -0.2) is 49.1 Å². The molecule has 1 saturated heterocycles. The van der Waals surface area contributed by atoms with Gasteiger partial charge in [0.2, 0.25) is 0 Å². The normalized spacial score (nSPS) is 20.1. The van der Waals surface area contributed by atoms with Gasteiger partial charge in [0.1, 0.15) is 0 Å². The Hall–Kier alpha value is -0.480. The maximum Gasteiger partial charge on any atom is 0.156 e. The van der Waals surface area contributed by atoms with E-state index in [0.29, 0.717) is 21.8 Å². The second kappa shape index (κ2) is 8.57. The zero-order chi connectivity index (χ0) is 17.0. The molecule has 23 heavy (non-hydrogen) atoms. The van der Waals surface area contributed by atoms with Crippen LogP contribution in [0.2, 0.25) is 10.0 Å². The van der Waals surface area contributed by atoms with Gasteiger partial charge in [-0.15, -0.1) is 0 Å². The molecule has 1 fully saturated rings. The van der Waals surface area contributed by atoms with Crippen molar-refractivity contribution in [2.45, 2.75) is 51.8 Å². The summed E-state index contributed by atoms with van der Waals surface area (Å²) in [7, 11) is 4.35. The molecule has 0 bridgehead atoms. The highest BCUT2D eigenvalue weighted by Crippen LogP contribution is 2.35. The SMILES string of the molecule is CC(C)Oc1c(Cl)cc(CN2CCC[C@H](N(C)C)CC2)cc1Cl. The lowest BCUT2D eigenvalue weighted by atomic mass is 10.1. The van der Waals surface area contributed by atoms with Gasteiger partial charge in [0.25, 0.3) is 0 Å². The van der Waals surface area contributed by atoms with E-state index in [1.807, 2.05) is 26.0 Å². The summed E-state index contributed by atoms with van der Waals surface area (Å²) in [6.07, 6.45) is 3.78. The second-order valence-electron chi connectivity index (χ2n) is 6.88. The molecular formula is C18H28Cl2N2O. The largest absolute Gasteiger partial charge is 0.488 e. The van der Waals surface area contributed by atoms with Gasteiger partial charge >= 0.3 is 0 Å². The summed E-state index contributed by atoms with van der Waals surface area (Å²) in [5, 5.41) is 1.20. The van der Waals surface area contributed by atoms with Gasteiger partial charge in [-0.25, -0.2) is 0 Å². The fourth-order valence-electron chi connectivity index (χ4n) is 3.12. The molecule has 1 aromatic carbocycles. The third-order valence-electron chi connectivity index (χ3n) is 4.34. The van der Waals surface area contributed by atoms with Crippen molar-refractivity contribution in [1.82, 2.24) is 9.80 Å². The predicted molar refractivity (Wildman–Crippen MR) is 98.8 cm³/mol. The average Bonchev–Trinajstić information content (AvgIpc) is 2.68. The van der Waals surface area contributed by atoms with Crippen LogP contribution >= 0.6 is 23.2 Å². The monoisotopic (exact) mass is 358 g/mol. The molecule has 1 aliphatic rings. The minimum absolute atomic E-state index is 0.0597. The maximum atomic E-state index is 6.36. The van der Waals surface area contributed by atoms with Crippen molar-refractivity contribution in [3.8, 4) is 5.75 Å². The first-order valence-electron chi connectivity index (χ1n) is 8.40. The van der Waals surface area contributed by atoms with Gasteiger partial charge in [0, 0.05) is 12.6 Å². The van der Waals surface area contributed by atoms with E-state index in [1.165, 1.54) is 19.3 Å². The number of benzene rings is 1. The molecule has 1 aromatic rings. The van der Waals surface area contributed by atoms with Crippen LogP contribution in [-0.2, 0) is 6.54 Å². The van der Waals surface area contributed by atoms with Crippen LogP contribution in [0.4, 0.5) is 0 Å². The zero-order valence-corrected chi connectivity index (χ0v) is 16.1. The number of likely N-dealkylation sites (tertiary alicyclic amines) is 1. The van der Waals surface area contributed by atoms with Crippen molar-refractivity contribution < 1.29 is 4.74 Å². The summed E-state index contributed by atoms with van der Waals surface area (Å²) in [6, 6.07) is 4.66. The van der Waals surface area contributed by atoms with Gasteiger partial charge in [-0.05, 0) is 78.0 Å². The molecule has 0 saturated carbocycles. The highest BCUT2D eigenvalue weighted by atomic mass is 35.5. The van der Waals surface area contributed by atoms with Crippen LogP contribution in [0, 0.1) is 0 Å². The van der Waals surface area contributed by atoms with Crippen LogP contribution < -0.4 is 4.74 Å². The van der Waals surface area contributed by atoms with Gasteiger partial charge in [0.15, 0.2) is 5.75 Å². The summed E-state index contributed by atoms with van der Waals surface area (Å²) in [5.41, 5.74) is 1.15. The molecule has 0 aromatic heterocycles. The Bertz CT molecular complexity index is 497. The van der Waals surface area contributed by atoms with E-state index in [-0.39, 0.29) is 6.10 Å². The van der Waals surface area contributed by atoms with Crippen LogP contribution in [0.1, 0.15) is 38.7 Å². The number of ether oxygens (including phenoxy) is 1. The van der Waals surface area contributed by atoms with Crippen LogP contribution in [0.3, 0.4) is 0 Å². The minimum atomic E-state index is 0.0597. The lowest BCUT2D eigenvalue weighted by molar-refractivity contribution is 0.241. The summed E-state index contributed by atoms with van der Waals surface area (Å²) in [5.74, 6) is 0.593. The number of rotatable bonds is 5. The van der Waals surface area contributed by atoms with E-state index in [9.17, 15) is 0 Å². The molecule has 0 N–H and O–H groups in total. The Morgan fingerprint density at radius 1 is 1.17 bits per heavy atom. The third-order valence-corrected chi connectivity index (χ3v) is 4.90. The van der Waals surface area contributed by atoms with Crippen molar-refractivity contribution in [3.63, 3.8) is 0 Å². The molecule has 5 heteroatoms. The first kappa shape index (κ1) is 18.9. The Kier molecular flexibility index (Phi) is 7.02. The lowest BCUT2D eigenvalue weighted by Crippen LogP contribution is -2.29. The van der Waals surface area contributed by atoms with Gasteiger partial charge in [-0.3, -0.25) is 4.90 Å². The van der Waals surface area contributed by atoms with Gasteiger partial charge in [0.05, 0.1) is 16.1 Å². The van der Waals surface area contributed by atoms with E-state index in [0.717, 1.165) is 25.2 Å². The Morgan fingerprint density at radius 2 is 1.83 bits per heavy atom. The van der Waals surface area contributed by atoms with Crippen molar-refractivity contribution in [3.05, 3.63) is 27.7 Å².